The molecule has 0 bridgehead atoms. The summed E-state index contributed by atoms with van der Waals surface area (Å²) >= 11 is 14.2. The third-order valence-electron chi connectivity index (χ3n) is 6.76. The van der Waals surface area contributed by atoms with Gasteiger partial charge in [0.15, 0.2) is 10.6 Å². The van der Waals surface area contributed by atoms with Crippen molar-refractivity contribution in [3.8, 4) is 5.75 Å². The molecule has 0 spiro atoms. The van der Waals surface area contributed by atoms with E-state index in [0.717, 1.165) is 11.1 Å². The van der Waals surface area contributed by atoms with Crippen LogP contribution in [0.3, 0.4) is 0 Å². The Balaban J connectivity index is 1.51. The quantitative estimate of drug-likeness (QED) is 0.135. The summed E-state index contributed by atoms with van der Waals surface area (Å²) in [4.78, 5) is 42.3. The summed E-state index contributed by atoms with van der Waals surface area (Å²) in [6.45, 7) is 5.71. The van der Waals surface area contributed by atoms with E-state index in [9.17, 15) is 19.7 Å². The van der Waals surface area contributed by atoms with Gasteiger partial charge in [0, 0.05) is 12.1 Å². The maximum atomic E-state index is 13.8. The Labute approximate surface area is 260 Å². The fourth-order valence-corrected chi connectivity index (χ4v) is 6.34. The summed E-state index contributed by atoms with van der Waals surface area (Å²) in [5.41, 5.74) is 3.52. The highest BCUT2D eigenvalue weighted by Gasteiger charge is 2.33. The van der Waals surface area contributed by atoms with Crippen LogP contribution in [-0.2, 0) is 16.1 Å². The van der Waals surface area contributed by atoms with E-state index >= 15 is 0 Å². The SMILES string of the molecule is CCOC(=O)C1=C(C)N=c2s/c(=C/c3cc(Cl)c(OCc4ccc([N+](=O)[O-])cc4)c(Cl)c3)c(=O)n2[C@H]1c1ccc(C)cc1. The molecule has 0 amide bonds. The van der Waals surface area contributed by atoms with Gasteiger partial charge in [-0.15, -0.1) is 0 Å². The lowest BCUT2D eigenvalue weighted by atomic mass is 9.95. The first-order valence-corrected chi connectivity index (χ1v) is 14.8. The molecule has 1 atom stereocenters. The van der Waals surface area contributed by atoms with E-state index in [-0.39, 0.29) is 40.3 Å². The molecule has 9 nitrogen and oxygen atoms in total. The number of nitrogens with zero attached hydrogens (tertiary/aromatic N) is 3. The Morgan fingerprint density at radius 3 is 2.35 bits per heavy atom. The molecule has 4 aromatic rings. The van der Waals surface area contributed by atoms with E-state index in [1.807, 2.05) is 31.2 Å². The number of aryl methyl sites for hydroxylation is 1. The van der Waals surface area contributed by atoms with Crippen LogP contribution in [0.15, 0.2) is 81.7 Å². The fraction of sp³-hybridized carbons (Fsp3) is 0.194. The molecule has 0 radical (unpaired) electrons. The van der Waals surface area contributed by atoms with Crippen LogP contribution in [0.25, 0.3) is 6.08 Å². The number of benzene rings is 3. The van der Waals surface area contributed by atoms with E-state index in [1.54, 1.807) is 44.2 Å². The predicted molar refractivity (Wildman–Crippen MR) is 165 cm³/mol. The number of carbonyl (C=O) groups is 1. The second kappa shape index (κ2) is 12.5. The molecule has 12 heteroatoms. The van der Waals surface area contributed by atoms with Gasteiger partial charge in [0.1, 0.15) is 6.61 Å². The lowest BCUT2D eigenvalue weighted by Crippen LogP contribution is -2.39. The van der Waals surface area contributed by atoms with Crippen LogP contribution in [0, 0.1) is 17.0 Å². The second-order valence-corrected chi connectivity index (χ2v) is 11.6. The minimum Gasteiger partial charge on any atom is -0.486 e. The predicted octanol–water partition coefficient (Wildman–Crippen LogP) is 5.90. The number of non-ortho nitro benzene ring substituents is 1. The number of thiazole rings is 1. The van der Waals surface area contributed by atoms with Crippen molar-refractivity contribution in [2.75, 3.05) is 6.61 Å². The molecular formula is C31H25Cl2N3O6S. The Morgan fingerprint density at radius 2 is 1.74 bits per heavy atom. The first kappa shape index (κ1) is 30.2. The molecule has 43 heavy (non-hydrogen) atoms. The topological polar surface area (TPSA) is 113 Å². The van der Waals surface area contributed by atoms with E-state index in [1.165, 1.54) is 28.0 Å². The van der Waals surface area contributed by atoms with E-state index < -0.39 is 16.9 Å². The number of ether oxygens (including phenoxy) is 2. The van der Waals surface area contributed by atoms with Crippen LogP contribution in [0.1, 0.15) is 42.1 Å². The van der Waals surface area contributed by atoms with Crippen LogP contribution in [-0.4, -0.2) is 22.1 Å². The molecule has 5 rings (SSSR count). The van der Waals surface area contributed by atoms with Gasteiger partial charge in [0.25, 0.3) is 11.2 Å². The minimum absolute atomic E-state index is 0.0214. The van der Waals surface area contributed by atoms with Crippen LogP contribution >= 0.6 is 34.5 Å². The number of halogens is 2. The monoisotopic (exact) mass is 637 g/mol. The van der Waals surface area contributed by atoms with Crippen molar-refractivity contribution >= 4 is 52.3 Å². The van der Waals surface area contributed by atoms with E-state index in [0.29, 0.717) is 31.7 Å². The van der Waals surface area contributed by atoms with Crippen molar-refractivity contribution in [1.29, 1.82) is 0 Å². The summed E-state index contributed by atoms with van der Waals surface area (Å²) in [6, 6.07) is 16.2. The van der Waals surface area contributed by atoms with Gasteiger partial charge in [-0.25, -0.2) is 9.79 Å². The zero-order valence-electron chi connectivity index (χ0n) is 23.3. The van der Waals surface area contributed by atoms with Gasteiger partial charge in [-0.2, -0.15) is 0 Å². The number of allylic oxidation sites excluding steroid dienone is 1. The highest BCUT2D eigenvalue weighted by molar-refractivity contribution is 7.07. The number of aromatic nitrogens is 1. The molecule has 2 heterocycles. The van der Waals surface area contributed by atoms with Gasteiger partial charge < -0.3 is 9.47 Å². The number of nitro groups is 1. The van der Waals surface area contributed by atoms with Crippen LogP contribution < -0.4 is 19.6 Å². The van der Waals surface area contributed by atoms with Crippen molar-refractivity contribution in [2.24, 2.45) is 4.99 Å². The van der Waals surface area contributed by atoms with Crippen molar-refractivity contribution < 1.29 is 19.2 Å². The summed E-state index contributed by atoms with van der Waals surface area (Å²) in [5, 5.41) is 11.3. The first-order valence-electron chi connectivity index (χ1n) is 13.2. The molecule has 0 unspecified atom stereocenters. The second-order valence-electron chi connectivity index (χ2n) is 9.74. The Bertz CT molecular complexity index is 1920. The molecule has 0 saturated heterocycles. The summed E-state index contributed by atoms with van der Waals surface area (Å²) in [7, 11) is 0. The highest BCUT2D eigenvalue weighted by atomic mass is 35.5. The molecule has 220 valence electrons. The average Bonchev–Trinajstić information content (AvgIpc) is 3.26. The van der Waals surface area contributed by atoms with E-state index in [4.69, 9.17) is 32.7 Å². The number of rotatable bonds is 8. The van der Waals surface area contributed by atoms with Crippen molar-refractivity contribution in [2.45, 2.75) is 33.4 Å². The Hall–Kier alpha value is -4.25. The molecular weight excluding hydrogens is 613 g/mol. The molecule has 0 saturated carbocycles. The zero-order chi connectivity index (χ0) is 30.8. The number of fused-ring (bicyclic) bond motifs is 1. The van der Waals surface area contributed by atoms with Gasteiger partial charge in [-0.3, -0.25) is 19.5 Å². The number of hydrogen-bond donors (Lipinski definition) is 0. The van der Waals surface area contributed by atoms with Crippen LogP contribution in [0.4, 0.5) is 5.69 Å². The highest BCUT2D eigenvalue weighted by Crippen LogP contribution is 2.35. The van der Waals surface area contributed by atoms with Gasteiger partial charge in [-0.1, -0.05) is 64.4 Å². The van der Waals surface area contributed by atoms with Crippen molar-refractivity contribution in [3.05, 3.63) is 134 Å². The number of esters is 1. The standard InChI is InChI=1S/C31H25Cl2N3O6S/c1-4-41-30(38)26-18(3)34-31-35(27(26)21-9-5-17(2)6-10-21)29(37)25(43-31)15-20-13-23(32)28(24(33)14-20)42-16-19-7-11-22(12-8-19)36(39)40/h5-15,27H,4,16H2,1-3H3/b25-15+/t27-/m0/s1. The Morgan fingerprint density at radius 1 is 1.09 bits per heavy atom. The zero-order valence-corrected chi connectivity index (χ0v) is 25.6. The number of nitro benzene ring substituents is 1. The van der Waals surface area contributed by atoms with Gasteiger partial charge >= 0.3 is 5.97 Å². The maximum Gasteiger partial charge on any atom is 0.338 e. The van der Waals surface area contributed by atoms with Crippen LogP contribution in [0.5, 0.6) is 5.75 Å². The molecule has 0 fully saturated rings. The molecule has 1 aromatic heterocycles. The molecule has 1 aliphatic heterocycles. The van der Waals surface area contributed by atoms with Crippen molar-refractivity contribution in [1.82, 2.24) is 4.57 Å². The number of carbonyl (C=O) groups excluding carboxylic acids is 1. The molecule has 3 aromatic carbocycles. The normalized spacial score (nSPS) is 14.7. The summed E-state index contributed by atoms with van der Waals surface area (Å²) in [5.74, 6) is -0.277. The van der Waals surface area contributed by atoms with Crippen LogP contribution in [0.2, 0.25) is 10.0 Å². The number of hydrogen-bond acceptors (Lipinski definition) is 8. The van der Waals surface area contributed by atoms with Crippen molar-refractivity contribution in [3.63, 3.8) is 0 Å². The summed E-state index contributed by atoms with van der Waals surface area (Å²) in [6.07, 6.45) is 1.66. The minimum atomic E-state index is -0.708. The molecule has 1 aliphatic rings. The Kier molecular flexibility index (Phi) is 8.82. The average molecular weight is 639 g/mol. The molecule has 0 aliphatic carbocycles. The lowest BCUT2D eigenvalue weighted by Gasteiger charge is -2.24. The molecule has 0 N–H and O–H groups in total. The van der Waals surface area contributed by atoms with Gasteiger partial charge in [0.2, 0.25) is 0 Å². The van der Waals surface area contributed by atoms with Gasteiger partial charge in [-0.05, 0) is 67.8 Å². The fourth-order valence-electron chi connectivity index (χ4n) is 4.68. The van der Waals surface area contributed by atoms with E-state index in [2.05, 4.69) is 4.99 Å². The third-order valence-corrected chi connectivity index (χ3v) is 8.30. The maximum absolute atomic E-state index is 13.8. The smallest absolute Gasteiger partial charge is 0.338 e. The first-order chi connectivity index (χ1) is 20.6. The summed E-state index contributed by atoms with van der Waals surface area (Å²) < 4.78 is 13.0. The largest absolute Gasteiger partial charge is 0.486 e. The lowest BCUT2D eigenvalue weighted by molar-refractivity contribution is -0.384. The third kappa shape index (κ3) is 6.27. The van der Waals surface area contributed by atoms with Gasteiger partial charge in [0.05, 0.1) is 43.4 Å².